The summed E-state index contributed by atoms with van der Waals surface area (Å²) in [4.78, 5) is 0. The summed E-state index contributed by atoms with van der Waals surface area (Å²) < 4.78 is 2.47. The Bertz CT molecular complexity index is 1680. The van der Waals surface area contributed by atoms with Crippen LogP contribution in [0.15, 0.2) is 103 Å². The maximum atomic E-state index is 2.47. The summed E-state index contributed by atoms with van der Waals surface area (Å²) in [6.45, 7) is 4.74. The predicted molar refractivity (Wildman–Crippen MR) is 136 cm³/mol. The Morgan fingerprint density at radius 2 is 1.19 bits per heavy atom. The lowest BCUT2D eigenvalue weighted by Gasteiger charge is -2.21. The van der Waals surface area contributed by atoms with Gasteiger partial charge in [-0.15, -0.1) is 0 Å². The maximum absolute atomic E-state index is 2.47. The second-order valence-electron chi connectivity index (χ2n) is 9.41. The lowest BCUT2D eigenvalue weighted by Crippen LogP contribution is -2.14. The topological polar surface area (TPSA) is 4.93 Å². The van der Waals surface area contributed by atoms with Crippen molar-refractivity contribution < 1.29 is 0 Å². The molecule has 5 aromatic carbocycles. The van der Waals surface area contributed by atoms with Crippen molar-refractivity contribution in [1.82, 2.24) is 4.57 Å². The summed E-state index contributed by atoms with van der Waals surface area (Å²) in [6.07, 6.45) is 0. The fourth-order valence-corrected chi connectivity index (χ4v) is 5.88. The fourth-order valence-electron chi connectivity index (χ4n) is 5.88. The van der Waals surface area contributed by atoms with E-state index in [1.807, 2.05) is 0 Å². The highest BCUT2D eigenvalue weighted by atomic mass is 15.0. The first-order chi connectivity index (χ1) is 15.7. The van der Waals surface area contributed by atoms with Crippen LogP contribution >= 0.6 is 0 Å². The van der Waals surface area contributed by atoms with Crippen molar-refractivity contribution in [2.24, 2.45) is 0 Å². The van der Waals surface area contributed by atoms with E-state index in [-0.39, 0.29) is 5.41 Å². The number of rotatable bonds is 1. The Labute approximate surface area is 187 Å². The van der Waals surface area contributed by atoms with Crippen LogP contribution in [0.3, 0.4) is 0 Å². The first-order valence-corrected chi connectivity index (χ1v) is 11.3. The molecule has 6 aromatic rings. The Morgan fingerprint density at radius 3 is 2.03 bits per heavy atom. The zero-order valence-electron chi connectivity index (χ0n) is 18.3. The van der Waals surface area contributed by atoms with E-state index in [2.05, 4.69) is 122 Å². The highest BCUT2D eigenvalue weighted by molar-refractivity contribution is 6.18. The average molecular weight is 410 g/mol. The molecule has 0 unspecified atom stereocenters. The molecule has 1 aromatic heterocycles. The van der Waals surface area contributed by atoms with Gasteiger partial charge < -0.3 is 4.57 Å². The molecule has 0 aliphatic heterocycles. The number of hydrogen-bond donors (Lipinski definition) is 0. The molecule has 0 radical (unpaired) electrons. The molecular weight excluding hydrogens is 386 g/mol. The molecule has 1 heterocycles. The van der Waals surface area contributed by atoms with E-state index in [9.17, 15) is 0 Å². The van der Waals surface area contributed by atoms with Crippen LogP contribution in [-0.4, -0.2) is 4.57 Å². The summed E-state index contributed by atoms with van der Waals surface area (Å²) in [5.41, 5.74) is 9.36. The minimum atomic E-state index is -0.0408. The van der Waals surface area contributed by atoms with Crippen LogP contribution in [0.2, 0.25) is 0 Å². The van der Waals surface area contributed by atoms with Gasteiger partial charge in [-0.1, -0.05) is 98.8 Å². The summed E-state index contributed by atoms with van der Waals surface area (Å²) in [6, 6.07) is 37.7. The molecule has 152 valence electrons. The molecule has 1 heteroatoms. The lowest BCUT2D eigenvalue weighted by molar-refractivity contribution is 0.661. The van der Waals surface area contributed by atoms with E-state index >= 15 is 0 Å². The zero-order chi connectivity index (χ0) is 21.4. The third-order valence-electron chi connectivity index (χ3n) is 7.38. The monoisotopic (exact) mass is 409 g/mol. The van der Waals surface area contributed by atoms with Crippen molar-refractivity contribution in [2.75, 3.05) is 0 Å². The third-order valence-corrected chi connectivity index (χ3v) is 7.38. The second kappa shape index (κ2) is 6.11. The molecule has 7 rings (SSSR count). The number of para-hydroxylation sites is 2. The van der Waals surface area contributed by atoms with Crippen molar-refractivity contribution in [3.05, 3.63) is 114 Å². The van der Waals surface area contributed by atoms with Gasteiger partial charge in [0.05, 0.1) is 11.0 Å². The van der Waals surface area contributed by atoms with Crippen LogP contribution < -0.4 is 0 Å². The van der Waals surface area contributed by atoms with Crippen molar-refractivity contribution in [3.8, 4) is 16.8 Å². The van der Waals surface area contributed by atoms with Crippen LogP contribution in [0.5, 0.6) is 0 Å². The van der Waals surface area contributed by atoms with Crippen molar-refractivity contribution in [3.63, 3.8) is 0 Å². The number of hydrogen-bond acceptors (Lipinski definition) is 0. The fraction of sp³-hybridized carbons (Fsp3) is 0.0968. The lowest BCUT2D eigenvalue weighted by atomic mass is 9.82. The normalized spacial score (nSPS) is 14.2. The molecule has 0 saturated heterocycles. The summed E-state index contributed by atoms with van der Waals surface area (Å²) in [7, 11) is 0. The van der Waals surface area contributed by atoms with Gasteiger partial charge in [-0.25, -0.2) is 0 Å². The van der Waals surface area contributed by atoms with Gasteiger partial charge in [0.1, 0.15) is 0 Å². The molecular formula is C31H23N. The molecule has 1 aliphatic rings. The predicted octanol–water partition coefficient (Wildman–Crippen LogP) is 8.24. The molecule has 0 N–H and O–H groups in total. The van der Waals surface area contributed by atoms with Crippen LogP contribution in [0.25, 0.3) is 49.4 Å². The summed E-state index contributed by atoms with van der Waals surface area (Å²) >= 11 is 0. The van der Waals surface area contributed by atoms with Gasteiger partial charge in [0.25, 0.3) is 0 Å². The molecule has 32 heavy (non-hydrogen) atoms. The third kappa shape index (κ3) is 2.13. The molecule has 0 atom stereocenters. The van der Waals surface area contributed by atoms with Crippen LogP contribution in [-0.2, 0) is 5.41 Å². The SMILES string of the molecule is CC1(C)c2ccc3ccccc3c2-c2c1ccc1c3ccccc3n(-c3ccccc3)c21. The summed E-state index contributed by atoms with van der Waals surface area (Å²) in [5, 5.41) is 5.27. The van der Waals surface area contributed by atoms with E-state index in [1.54, 1.807) is 0 Å². The molecule has 1 nitrogen and oxygen atoms in total. The average Bonchev–Trinajstić information content (AvgIpc) is 3.29. The number of nitrogens with zero attached hydrogens (tertiary/aromatic N) is 1. The quantitative estimate of drug-likeness (QED) is 0.258. The van der Waals surface area contributed by atoms with Crippen LogP contribution in [0, 0.1) is 0 Å². The highest BCUT2D eigenvalue weighted by Crippen LogP contribution is 2.54. The van der Waals surface area contributed by atoms with Gasteiger partial charge in [0.15, 0.2) is 0 Å². The van der Waals surface area contributed by atoms with E-state index in [0.29, 0.717) is 0 Å². The maximum Gasteiger partial charge on any atom is 0.0622 e. The first-order valence-electron chi connectivity index (χ1n) is 11.3. The minimum absolute atomic E-state index is 0.0408. The number of benzene rings is 5. The zero-order valence-corrected chi connectivity index (χ0v) is 18.3. The Hall–Kier alpha value is -3.84. The van der Waals surface area contributed by atoms with Gasteiger partial charge in [-0.3, -0.25) is 0 Å². The van der Waals surface area contributed by atoms with E-state index < -0.39 is 0 Å². The molecule has 0 fully saturated rings. The largest absolute Gasteiger partial charge is 0.309 e. The van der Waals surface area contributed by atoms with Gasteiger partial charge >= 0.3 is 0 Å². The molecule has 0 saturated carbocycles. The first kappa shape index (κ1) is 17.8. The van der Waals surface area contributed by atoms with Crippen LogP contribution in [0.1, 0.15) is 25.0 Å². The Balaban J connectivity index is 1.77. The smallest absolute Gasteiger partial charge is 0.0622 e. The standard InChI is InChI=1S/C31H23N/c1-31(2)25-18-16-20-10-6-7-13-22(20)28(25)29-26(31)19-17-24-23-14-8-9-15-27(23)32(30(24)29)21-11-4-3-5-12-21/h3-19H,1-2H3. The molecule has 1 aliphatic carbocycles. The molecule has 0 amide bonds. The van der Waals surface area contributed by atoms with Crippen LogP contribution in [0.4, 0.5) is 0 Å². The van der Waals surface area contributed by atoms with Crippen molar-refractivity contribution in [2.45, 2.75) is 19.3 Å². The van der Waals surface area contributed by atoms with Crippen molar-refractivity contribution in [1.29, 1.82) is 0 Å². The second-order valence-corrected chi connectivity index (χ2v) is 9.41. The van der Waals surface area contributed by atoms with Gasteiger partial charge in [-0.05, 0) is 45.7 Å². The molecule has 0 spiro atoms. The van der Waals surface area contributed by atoms with Gasteiger partial charge in [0.2, 0.25) is 0 Å². The van der Waals surface area contributed by atoms with Gasteiger partial charge in [-0.2, -0.15) is 0 Å². The Morgan fingerprint density at radius 1 is 0.531 bits per heavy atom. The highest BCUT2D eigenvalue weighted by Gasteiger charge is 2.38. The van der Waals surface area contributed by atoms with E-state index in [1.165, 1.54) is 60.5 Å². The van der Waals surface area contributed by atoms with Gasteiger partial charge in [0, 0.05) is 27.4 Å². The number of fused-ring (bicyclic) bond motifs is 9. The Kier molecular flexibility index (Phi) is 3.40. The van der Waals surface area contributed by atoms with Crippen molar-refractivity contribution >= 4 is 32.6 Å². The number of aromatic nitrogens is 1. The summed E-state index contributed by atoms with van der Waals surface area (Å²) in [5.74, 6) is 0. The van der Waals surface area contributed by atoms with E-state index in [4.69, 9.17) is 0 Å². The molecule has 0 bridgehead atoms. The minimum Gasteiger partial charge on any atom is -0.309 e. The van der Waals surface area contributed by atoms with E-state index in [0.717, 1.165) is 0 Å².